The number of carbonyl (C=O) groups is 1. The van der Waals surface area contributed by atoms with Gasteiger partial charge in [-0.2, -0.15) is 10.1 Å². The van der Waals surface area contributed by atoms with E-state index in [-0.39, 0.29) is 5.91 Å². The third-order valence-corrected chi connectivity index (χ3v) is 2.64. The molecule has 4 heteroatoms. The van der Waals surface area contributed by atoms with E-state index in [9.17, 15) is 4.79 Å². The Morgan fingerprint density at radius 3 is 2.40 bits per heavy atom. The maximum Gasteiger partial charge on any atom is 0.273 e. The molecule has 1 heterocycles. The first kappa shape index (κ1) is 9.86. The highest BCUT2D eigenvalue weighted by atomic mass is 16.2. The van der Waals surface area contributed by atoms with Crippen molar-refractivity contribution >= 4 is 17.3 Å². The van der Waals surface area contributed by atoms with Crippen molar-refractivity contribution in [3.05, 3.63) is 30.3 Å². The van der Waals surface area contributed by atoms with Crippen molar-refractivity contribution < 1.29 is 4.79 Å². The summed E-state index contributed by atoms with van der Waals surface area (Å²) in [5, 5.41) is 5.52. The first-order valence-electron chi connectivity index (χ1n) is 4.77. The topological polar surface area (TPSA) is 58.7 Å². The fourth-order valence-electron chi connectivity index (χ4n) is 1.42. The molecule has 1 atom stereocenters. The fraction of sp³-hybridized carbons (Fsp3) is 0.273. The summed E-state index contributed by atoms with van der Waals surface area (Å²) in [7, 11) is 0. The number of rotatable bonds is 1. The first-order chi connectivity index (χ1) is 7.03. The molecule has 1 aromatic carbocycles. The molecule has 1 amide bonds. The zero-order chi connectivity index (χ0) is 11.1. The van der Waals surface area contributed by atoms with E-state index in [1.54, 1.807) is 13.8 Å². The van der Waals surface area contributed by atoms with Gasteiger partial charge in [0.25, 0.3) is 5.91 Å². The molecule has 2 rings (SSSR count). The Morgan fingerprint density at radius 2 is 1.93 bits per heavy atom. The molecular weight excluding hydrogens is 190 g/mol. The van der Waals surface area contributed by atoms with E-state index in [0.29, 0.717) is 5.71 Å². The van der Waals surface area contributed by atoms with Crippen molar-refractivity contribution in [2.45, 2.75) is 19.4 Å². The zero-order valence-corrected chi connectivity index (χ0v) is 8.77. The molecule has 0 saturated heterocycles. The van der Waals surface area contributed by atoms with E-state index in [1.165, 1.54) is 5.01 Å². The molecule has 1 aromatic rings. The predicted molar refractivity (Wildman–Crippen MR) is 59.6 cm³/mol. The second-order valence-electron chi connectivity index (χ2n) is 3.84. The molecule has 2 N–H and O–H groups in total. The van der Waals surface area contributed by atoms with Crippen LogP contribution >= 0.6 is 0 Å². The van der Waals surface area contributed by atoms with Gasteiger partial charge in [0.05, 0.1) is 11.4 Å². The maximum atomic E-state index is 11.9. The number of amides is 1. The van der Waals surface area contributed by atoms with Gasteiger partial charge in [0.1, 0.15) is 5.54 Å². The second-order valence-corrected chi connectivity index (χ2v) is 3.84. The van der Waals surface area contributed by atoms with Crippen LogP contribution in [0.2, 0.25) is 0 Å². The first-order valence-corrected chi connectivity index (χ1v) is 4.77. The molecule has 1 aliphatic rings. The highest BCUT2D eigenvalue weighted by Crippen LogP contribution is 2.24. The second kappa shape index (κ2) is 3.17. The van der Waals surface area contributed by atoms with Gasteiger partial charge in [0, 0.05) is 0 Å². The lowest BCUT2D eigenvalue weighted by Crippen LogP contribution is -2.51. The molecule has 0 fully saturated rings. The van der Waals surface area contributed by atoms with Gasteiger partial charge >= 0.3 is 0 Å². The molecule has 4 nitrogen and oxygen atoms in total. The summed E-state index contributed by atoms with van der Waals surface area (Å²) in [5.74, 6) is -0.189. The number of para-hydroxylation sites is 1. The Labute approximate surface area is 88.4 Å². The predicted octanol–water partition coefficient (Wildman–Crippen LogP) is 1.13. The summed E-state index contributed by atoms with van der Waals surface area (Å²) >= 11 is 0. The molecule has 15 heavy (non-hydrogen) atoms. The van der Waals surface area contributed by atoms with Gasteiger partial charge in [-0.25, -0.2) is 0 Å². The largest absolute Gasteiger partial charge is 0.313 e. The van der Waals surface area contributed by atoms with Gasteiger partial charge in [0.2, 0.25) is 0 Å². The third kappa shape index (κ3) is 1.43. The van der Waals surface area contributed by atoms with Gasteiger partial charge in [-0.05, 0) is 26.0 Å². The number of hydrazone groups is 1. The average Bonchev–Trinajstić information content (AvgIpc) is 2.44. The minimum Gasteiger partial charge on any atom is -0.313 e. The molecule has 78 valence electrons. The van der Waals surface area contributed by atoms with Crippen LogP contribution in [0.4, 0.5) is 5.69 Å². The van der Waals surface area contributed by atoms with Crippen LogP contribution in [-0.4, -0.2) is 17.2 Å². The third-order valence-electron chi connectivity index (χ3n) is 2.64. The molecule has 0 radical (unpaired) electrons. The Bertz CT molecular complexity index is 423. The number of nitrogens with zero attached hydrogens (tertiary/aromatic N) is 2. The summed E-state index contributed by atoms with van der Waals surface area (Å²) in [4.78, 5) is 11.9. The molecular formula is C11H13N3O. The normalized spacial score (nSPS) is 25.7. The maximum absolute atomic E-state index is 11.9. The number of nitrogens with two attached hydrogens (primary N) is 1. The summed E-state index contributed by atoms with van der Waals surface area (Å²) in [6, 6.07) is 9.27. The van der Waals surface area contributed by atoms with E-state index in [2.05, 4.69) is 5.10 Å². The Kier molecular flexibility index (Phi) is 2.08. The van der Waals surface area contributed by atoms with E-state index in [0.717, 1.165) is 5.69 Å². The molecule has 0 aromatic heterocycles. The summed E-state index contributed by atoms with van der Waals surface area (Å²) in [6.45, 7) is 3.44. The Balaban J connectivity index is 2.40. The van der Waals surface area contributed by atoms with Crippen LogP contribution in [-0.2, 0) is 4.79 Å². The Morgan fingerprint density at radius 1 is 1.33 bits per heavy atom. The van der Waals surface area contributed by atoms with Crippen LogP contribution in [0.15, 0.2) is 35.4 Å². The molecule has 0 aliphatic carbocycles. The highest BCUT2D eigenvalue weighted by molar-refractivity contribution is 6.21. The average molecular weight is 203 g/mol. The van der Waals surface area contributed by atoms with Crippen molar-refractivity contribution in [2.24, 2.45) is 10.8 Å². The van der Waals surface area contributed by atoms with Crippen LogP contribution in [0, 0.1) is 0 Å². The van der Waals surface area contributed by atoms with Crippen LogP contribution in [0.3, 0.4) is 0 Å². The van der Waals surface area contributed by atoms with Crippen LogP contribution < -0.4 is 10.7 Å². The van der Waals surface area contributed by atoms with Crippen LogP contribution in [0.25, 0.3) is 0 Å². The number of hydrogen-bond acceptors (Lipinski definition) is 3. The van der Waals surface area contributed by atoms with Crippen molar-refractivity contribution in [3.63, 3.8) is 0 Å². The molecule has 0 bridgehead atoms. The number of benzene rings is 1. The lowest BCUT2D eigenvalue weighted by atomic mass is 9.98. The van der Waals surface area contributed by atoms with E-state index < -0.39 is 5.54 Å². The smallest absolute Gasteiger partial charge is 0.273 e. The number of anilines is 1. The zero-order valence-electron chi connectivity index (χ0n) is 8.77. The fourth-order valence-corrected chi connectivity index (χ4v) is 1.42. The minimum atomic E-state index is -0.976. The lowest BCUT2D eigenvalue weighted by molar-refractivity contribution is -0.120. The SMILES string of the molecule is CC1=NN(c2ccccc2)C(=O)C1(C)N. The van der Waals surface area contributed by atoms with Gasteiger partial charge in [-0.3, -0.25) is 4.79 Å². The standard InChI is InChI=1S/C11H13N3O/c1-8-11(2,12)10(15)14(13-8)9-6-4-3-5-7-9/h3-7H,12H2,1-2H3. The van der Waals surface area contributed by atoms with E-state index in [4.69, 9.17) is 5.73 Å². The number of carbonyl (C=O) groups excluding carboxylic acids is 1. The number of hydrogen-bond donors (Lipinski definition) is 1. The van der Waals surface area contributed by atoms with Crippen LogP contribution in [0.5, 0.6) is 0 Å². The molecule has 1 aliphatic heterocycles. The van der Waals surface area contributed by atoms with Gasteiger partial charge < -0.3 is 5.73 Å². The monoisotopic (exact) mass is 203 g/mol. The molecule has 1 unspecified atom stereocenters. The van der Waals surface area contributed by atoms with E-state index in [1.807, 2.05) is 30.3 Å². The summed E-state index contributed by atoms with van der Waals surface area (Å²) in [5.41, 5.74) is 6.28. The molecule has 0 spiro atoms. The quantitative estimate of drug-likeness (QED) is 0.743. The minimum absolute atomic E-state index is 0.189. The van der Waals surface area contributed by atoms with Crippen molar-refractivity contribution in [1.29, 1.82) is 0 Å². The molecule has 0 saturated carbocycles. The van der Waals surface area contributed by atoms with Gasteiger partial charge in [0.15, 0.2) is 0 Å². The van der Waals surface area contributed by atoms with Crippen molar-refractivity contribution in [2.75, 3.05) is 5.01 Å². The lowest BCUT2D eigenvalue weighted by Gasteiger charge is -2.18. The van der Waals surface area contributed by atoms with E-state index >= 15 is 0 Å². The van der Waals surface area contributed by atoms with Gasteiger partial charge in [-0.1, -0.05) is 18.2 Å². The van der Waals surface area contributed by atoms with Gasteiger partial charge in [-0.15, -0.1) is 0 Å². The highest BCUT2D eigenvalue weighted by Gasteiger charge is 2.42. The summed E-state index contributed by atoms with van der Waals surface area (Å²) in [6.07, 6.45) is 0. The summed E-state index contributed by atoms with van der Waals surface area (Å²) < 4.78 is 0. The van der Waals surface area contributed by atoms with Crippen LogP contribution in [0.1, 0.15) is 13.8 Å². The van der Waals surface area contributed by atoms with Crippen molar-refractivity contribution in [3.8, 4) is 0 Å². The van der Waals surface area contributed by atoms with Crippen molar-refractivity contribution in [1.82, 2.24) is 0 Å². The Hall–Kier alpha value is -1.68.